The van der Waals surface area contributed by atoms with Crippen LogP contribution >= 0.6 is 12.6 Å². The minimum absolute atomic E-state index is 0.487. The summed E-state index contributed by atoms with van der Waals surface area (Å²) < 4.78 is 0. The molecule has 1 unspecified atom stereocenters. The predicted molar refractivity (Wildman–Crippen MR) is 51.1 cm³/mol. The molecule has 0 radical (unpaired) electrons. The Morgan fingerprint density at radius 1 is 1.67 bits per heavy atom. The van der Waals surface area contributed by atoms with Crippen LogP contribution in [0.15, 0.2) is 24.4 Å². The van der Waals surface area contributed by atoms with Crippen molar-refractivity contribution < 1.29 is 0 Å². The molecule has 1 atom stereocenters. The van der Waals surface area contributed by atoms with Crippen LogP contribution in [0.3, 0.4) is 0 Å². The van der Waals surface area contributed by atoms with Crippen molar-refractivity contribution in [3.8, 4) is 6.07 Å². The largest absolute Gasteiger partial charge is 0.260 e. The number of aromatic nitrogens is 1. The fraction of sp³-hybridized carbons (Fsp3) is 0.333. The summed E-state index contributed by atoms with van der Waals surface area (Å²) in [7, 11) is 0. The highest BCUT2D eigenvalue weighted by Gasteiger charge is 2.25. The van der Waals surface area contributed by atoms with Crippen LogP contribution in [0.25, 0.3) is 0 Å². The molecule has 1 heterocycles. The average Bonchev–Trinajstić information content (AvgIpc) is 2.18. The molecule has 0 aliphatic heterocycles. The van der Waals surface area contributed by atoms with Crippen LogP contribution in [0, 0.1) is 11.3 Å². The molecule has 0 saturated carbocycles. The Morgan fingerprint density at radius 3 is 2.83 bits per heavy atom. The third-order valence-corrected chi connectivity index (χ3v) is 2.43. The van der Waals surface area contributed by atoms with E-state index >= 15 is 0 Å². The molecule has 0 amide bonds. The van der Waals surface area contributed by atoms with Gasteiger partial charge in [-0.3, -0.25) is 4.98 Å². The van der Waals surface area contributed by atoms with Gasteiger partial charge in [-0.05, 0) is 19.1 Å². The minimum atomic E-state index is -0.565. The van der Waals surface area contributed by atoms with Crippen molar-refractivity contribution in [2.45, 2.75) is 12.3 Å². The standard InChI is InChI=1S/C9H10N2S/c1-9(6-10,7-12)8-4-2-3-5-11-8/h2-5,12H,7H2,1H3. The Labute approximate surface area is 77.7 Å². The summed E-state index contributed by atoms with van der Waals surface area (Å²) in [5.41, 5.74) is 0.215. The highest BCUT2D eigenvalue weighted by Crippen LogP contribution is 2.21. The summed E-state index contributed by atoms with van der Waals surface area (Å²) in [5.74, 6) is 0.487. The summed E-state index contributed by atoms with van der Waals surface area (Å²) in [6.07, 6.45) is 1.69. The van der Waals surface area contributed by atoms with Crippen LogP contribution < -0.4 is 0 Å². The Bertz CT molecular complexity index is 291. The van der Waals surface area contributed by atoms with E-state index in [4.69, 9.17) is 5.26 Å². The van der Waals surface area contributed by atoms with Gasteiger partial charge in [-0.1, -0.05) is 6.07 Å². The van der Waals surface area contributed by atoms with E-state index in [0.717, 1.165) is 5.69 Å². The monoisotopic (exact) mass is 178 g/mol. The predicted octanol–water partition coefficient (Wildman–Crippen LogP) is 1.79. The minimum Gasteiger partial charge on any atom is -0.260 e. The first kappa shape index (κ1) is 9.08. The topological polar surface area (TPSA) is 36.7 Å². The van der Waals surface area contributed by atoms with Crippen molar-refractivity contribution in [2.75, 3.05) is 5.75 Å². The molecule has 0 aliphatic carbocycles. The molecule has 0 fully saturated rings. The number of hydrogen-bond donors (Lipinski definition) is 1. The second kappa shape index (κ2) is 3.59. The van der Waals surface area contributed by atoms with E-state index in [-0.39, 0.29) is 0 Å². The summed E-state index contributed by atoms with van der Waals surface area (Å²) in [4.78, 5) is 4.12. The van der Waals surface area contributed by atoms with Crippen molar-refractivity contribution in [2.24, 2.45) is 0 Å². The zero-order valence-corrected chi connectivity index (χ0v) is 7.75. The molecule has 12 heavy (non-hydrogen) atoms. The van der Waals surface area contributed by atoms with Gasteiger partial charge in [0, 0.05) is 11.9 Å². The van der Waals surface area contributed by atoms with Gasteiger partial charge in [0.2, 0.25) is 0 Å². The van der Waals surface area contributed by atoms with Crippen LogP contribution in [-0.4, -0.2) is 10.7 Å². The zero-order chi connectivity index (χ0) is 9.03. The van der Waals surface area contributed by atoms with Gasteiger partial charge in [0.05, 0.1) is 11.8 Å². The van der Waals surface area contributed by atoms with Crippen molar-refractivity contribution in [1.82, 2.24) is 4.98 Å². The molecular formula is C9H10N2S. The van der Waals surface area contributed by atoms with E-state index in [0.29, 0.717) is 5.75 Å². The van der Waals surface area contributed by atoms with Crippen LogP contribution in [0.2, 0.25) is 0 Å². The lowest BCUT2D eigenvalue weighted by Gasteiger charge is -2.17. The lowest BCUT2D eigenvalue weighted by molar-refractivity contribution is 0.673. The maximum absolute atomic E-state index is 8.90. The Hall–Kier alpha value is -1.01. The maximum Gasteiger partial charge on any atom is 0.105 e. The Morgan fingerprint density at radius 2 is 2.42 bits per heavy atom. The normalized spacial score (nSPS) is 14.8. The molecule has 2 nitrogen and oxygen atoms in total. The van der Waals surface area contributed by atoms with Gasteiger partial charge in [0.15, 0.2) is 0 Å². The lowest BCUT2D eigenvalue weighted by atomic mass is 9.90. The van der Waals surface area contributed by atoms with Crippen LogP contribution in [0.4, 0.5) is 0 Å². The molecular weight excluding hydrogens is 168 g/mol. The molecule has 3 heteroatoms. The van der Waals surface area contributed by atoms with E-state index in [1.165, 1.54) is 0 Å². The maximum atomic E-state index is 8.90. The highest BCUT2D eigenvalue weighted by atomic mass is 32.1. The number of nitriles is 1. The number of hydrogen-bond acceptors (Lipinski definition) is 3. The molecule has 0 aromatic carbocycles. The zero-order valence-electron chi connectivity index (χ0n) is 6.86. The number of thiol groups is 1. The first-order valence-corrected chi connectivity index (χ1v) is 4.30. The molecule has 0 saturated heterocycles. The smallest absolute Gasteiger partial charge is 0.105 e. The van der Waals surface area contributed by atoms with Gasteiger partial charge < -0.3 is 0 Å². The van der Waals surface area contributed by atoms with E-state index in [2.05, 4.69) is 23.7 Å². The van der Waals surface area contributed by atoms with Crippen molar-refractivity contribution in [3.63, 3.8) is 0 Å². The third kappa shape index (κ3) is 1.59. The molecule has 1 aromatic rings. The summed E-state index contributed by atoms with van der Waals surface area (Å²) in [6.45, 7) is 1.84. The summed E-state index contributed by atoms with van der Waals surface area (Å²) in [5, 5.41) is 8.90. The van der Waals surface area contributed by atoms with E-state index < -0.39 is 5.41 Å². The van der Waals surface area contributed by atoms with Gasteiger partial charge >= 0.3 is 0 Å². The SMILES string of the molecule is CC(C#N)(CS)c1ccccn1. The molecule has 1 aromatic heterocycles. The van der Waals surface area contributed by atoms with Crippen molar-refractivity contribution in [1.29, 1.82) is 5.26 Å². The third-order valence-electron chi connectivity index (χ3n) is 1.79. The van der Waals surface area contributed by atoms with E-state index in [9.17, 15) is 0 Å². The van der Waals surface area contributed by atoms with Crippen LogP contribution in [0.5, 0.6) is 0 Å². The summed E-state index contributed by atoms with van der Waals surface area (Å²) >= 11 is 4.13. The lowest BCUT2D eigenvalue weighted by Crippen LogP contribution is -2.22. The average molecular weight is 178 g/mol. The number of pyridine rings is 1. The van der Waals surface area contributed by atoms with Gasteiger partial charge in [-0.2, -0.15) is 17.9 Å². The van der Waals surface area contributed by atoms with Gasteiger partial charge in [-0.15, -0.1) is 0 Å². The van der Waals surface area contributed by atoms with Gasteiger partial charge in [-0.25, -0.2) is 0 Å². The van der Waals surface area contributed by atoms with Gasteiger partial charge in [0.1, 0.15) is 5.41 Å². The van der Waals surface area contributed by atoms with Crippen molar-refractivity contribution >= 4 is 12.6 Å². The molecule has 0 N–H and O–H groups in total. The van der Waals surface area contributed by atoms with Crippen molar-refractivity contribution in [3.05, 3.63) is 30.1 Å². The summed E-state index contributed by atoms with van der Waals surface area (Å²) in [6, 6.07) is 7.76. The highest BCUT2D eigenvalue weighted by molar-refractivity contribution is 7.80. The molecule has 0 bridgehead atoms. The second-order valence-electron chi connectivity index (χ2n) is 2.82. The second-order valence-corrected chi connectivity index (χ2v) is 3.13. The molecule has 0 aliphatic rings. The number of nitrogens with zero attached hydrogens (tertiary/aromatic N) is 2. The van der Waals surface area contributed by atoms with Crippen LogP contribution in [-0.2, 0) is 5.41 Å². The fourth-order valence-corrected chi connectivity index (χ4v) is 1.10. The molecule has 0 spiro atoms. The van der Waals surface area contributed by atoms with Gasteiger partial charge in [0.25, 0.3) is 0 Å². The van der Waals surface area contributed by atoms with Crippen LogP contribution in [0.1, 0.15) is 12.6 Å². The number of rotatable bonds is 2. The quantitative estimate of drug-likeness (QED) is 0.701. The fourth-order valence-electron chi connectivity index (χ4n) is 0.863. The molecule has 1 rings (SSSR count). The Balaban J connectivity index is 3.06. The van der Waals surface area contributed by atoms with E-state index in [1.807, 2.05) is 25.1 Å². The first-order valence-electron chi connectivity index (χ1n) is 3.66. The first-order chi connectivity index (χ1) is 5.73. The molecule has 62 valence electrons. The van der Waals surface area contributed by atoms with E-state index in [1.54, 1.807) is 6.20 Å². The Kier molecular flexibility index (Phi) is 2.72.